The maximum absolute atomic E-state index is 12.7. The van der Waals surface area contributed by atoms with Crippen LogP contribution in [0.4, 0.5) is 18.9 Å². The third-order valence-electron chi connectivity index (χ3n) is 4.30. The molecule has 2 aromatic heterocycles. The number of halogens is 3. The number of carbonyl (C=O) groups is 1. The van der Waals surface area contributed by atoms with Gasteiger partial charge in [0, 0.05) is 17.4 Å². The van der Waals surface area contributed by atoms with E-state index < -0.39 is 17.8 Å². The molecular formula is C21H18F3N3O. The molecule has 0 saturated heterocycles. The van der Waals surface area contributed by atoms with E-state index in [2.05, 4.69) is 15.3 Å². The van der Waals surface area contributed by atoms with Crippen LogP contribution in [0.15, 0.2) is 48.7 Å². The van der Waals surface area contributed by atoms with Crippen LogP contribution in [0.1, 0.15) is 32.9 Å². The highest BCUT2D eigenvalue weighted by Gasteiger charge is 2.33. The minimum atomic E-state index is -4.55. The zero-order valence-electron chi connectivity index (χ0n) is 15.6. The summed E-state index contributed by atoms with van der Waals surface area (Å²) in [5.74, 6) is -0.523. The summed E-state index contributed by atoms with van der Waals surface area (Å²) in [6, 6.07) is 11.2. The molecule has 3 rings (SSSR count). The van der Waals surface area contributed by atoms with Gasteiger partial charge in [-0.05, 0) is 62.2 Å². The second-order valence-corrected chi connectivity index (χ2v) is 6.53. The standard InChI is InChI=1S/C21H18F3N3O/c1-12-4-8-18(25-11-12)17-10-15(6-5-13(17)2)27-20(28)16-7-9-19(21(22,23)24)26-14(16)3/h4-11H,1-3H3,(H,27,28). The highest BCUT2D eigenvalue weighted by molar-refractivity contribution is 6.05. The lowest BCUT2D eigenvalue weighted by atomic mass is 10.0. The number of benzene rings is 1. The van der Waals surface area contributed by atoms with E-state index in [1.54, 1.807) is 18.3 Å². The number of nitrogens with zero attached hydrogens (tertiary/aromatic N) is 2. The summed E-state index contributed by atoms with van der Waals surface area (Å²) in [5, 5.41) is 2.72. The molecule has 0 atom stereocenters. The summed E-state index contributed by atoms with van der Waals surface area (Å²) in [4.78, 5) is 20.4. The van der Waals surface area contributed by atoms with Gasteiger partial charge in [-0.3, -0.25) is 9.78 Å². The second-order valence-electron chi connectivity index (χ2n) is 6.53. The van der Waals surface area contributed by atoms with Gasteiger partial charge in [0.1, 0.15) is 5.69 Å². The van der Waals surface area contributed by atoms with Crippen molar-refractivity contribution >= 4 is 11.6 Å². The first-order valence-electron chi connectivity index (χ1n) is 8.55. The summed E-state index contributed by atoms with van der Waals surface area (Å²) < 4.78 is 38.2. The van der Waals surface area contributed by atoms with Crippen molar-refractivity contribution in [3.63, 3.8) is 0 Å². The molecule has 1 amide bonds. The monoisotopic (exact) mass is 385 g/mol. The Labute approximate surface area is 160 Å². The fourth-order valence-electron chi connectivity index (χ4n) is 2.76. The topological polar surface area (TPSA) is 54.9 Å². The number of hydrogen-bond acceptors (Lipinski definition) is 3. The van der Waals surface area contributed by atoms with Gasteiger partial charge in [-0.2, -0.15) is 13.2 Å². The quantitative estimate of drug-likeness (QED) is 0.662. The van der Waals surface area contributed by atoms with Crippen LogP contribution >= 0.6 is 0 Å². The van der Waals surface area contributed by atoms with Gasteiger partial charge in [0.25, 0.3) is 5.91 Å². The number of alkyl halides is 3. The minimum Gasteiger partial charge on any atom is -0.322 e. The lowest BCUT2D eigenvalue weighted by Gasteiger charge is -2.12. The Kier molecular flexibility index (Phi) is 5.18. The molecule has 0 radical (unpaired) electrons. The van der Waals surface area contributed by atoms with Gasteiger partial charge in [0.15, 0.2) is 0 Å². The van der Waals surface area contributed by atoms with Crippen molar-refractivity contribution in [3.05, 3.63) is 76.7 Å². The van der Waals surface area contributed by atoms with Gasteiger partial charge < -0.3 is 5.32 Å². The fraction of sp³-hybridized carbons (Fsp3) is 0.190. The molecule has 3 aromatic rings. The number of rotatable bonds is 3. The Hall–Kier alpha value is -3.22. The van der Waals surface area contributed by atoms with Crippen molar-refractivity contribution in [2.45, 2.75) is 26.9 Å². The summed E-state index contributed by atoms with van der Waals surface area (Å²) in [7, 11) is 0. The van der Waals surface area contributed by atoms with Crippen LogP contribution < -0.4 is 5.32 Å². The first-order valence-corrected chi connectivity index (χ1v) is 8.55. The molecular weight excluding hydrogens is 367 g/mol. The number of pyridine rings is 2. The van der Waals surface area contributed by atoms with E-state index in [-0.39, 0.29) is 11.3 Å². The number of nitrogens with one attached hydrogen (secondary N) is 1. The number of hydrogen-bond donors (Lipinski definition) is 1. The molecule has 144 valence electrons. The van der Waals surface area contributed by atoms with Gasteiger partial charge in [0.2, 0.25) is 0 Å². The van der Waals surface area contributed by atoms with Crippen molar-refractivity contribution < 1.29 is 18.0 Å². The van der Waals surface area contributed by atoms with Gasteiger partial charge in [-0.1, -0.05) is 12.1 Å². The van der Waals surface area contributed by atoms with Crippen LogP contribution in [0.3, 0.4) is 0 Å². The minimum absolute atomic E-state index is 0.0138. The van der Waals surface area contributed by atoms with E-state index in [0.29, 0.717) is 5.69 Å². The maximum atomic E-state index is 12.7. The first-order chi connectivity index (χ1) is 13.1. The average molecular weight is 385 g/mol. The zero-order chi connectivity index (χ0) is 20.5. The summed E-state index contributed by atoms with van der Waals surface area (Å²) >= 11 is 0. The third kappa shape index (κ3) is 4.19. The second kappa shape index (κ2) is 7.42. The normalized spacial score (nSPS) is 11.4. The largest absolute Gasteiger partial charge is 0.433 e. The van der Waals surface area contributed by atoms with Crippen LogP contribution in [0, 0.1) is 20.8 Å². The van der Waals surface area contributed by atoms with Crippen LogP contribution in [0.25, 0.3) is 11.3 Å². The van der Waals surface area contributed by atoms with E-state index in [9.17, 15) is 18.0 Å². The smallest absolute Gasteiger partial charge is 0.322 e. The predicted octanol–water partition coefficient (Wildman–Crippen LogP) is 5.34. The molecule has 0 fully saturated rings. The molecule has 7 heteroatoms. The SMILES string of the molecule is Cc1ccc(-c2cc(NC(=O)c3ccc(C(F)(F)F)nc3C)ccc2C)nc1. The molecule has 0 aliphatic heterocycles. The fourth-order valence-corrected chi connectivity index (χ4v) is 2.76. The van der Waals surface area contributed by atoms with Gasteiger partial charge in [0.05, 0.1) is 17.0 Å². The molecule has 0 bridgehead atoms. The molecule has 0 unspecified atom stereocenters. The van der Waals surface area contributed by atoms with E-state index in [1.807, 2.05) is 32.0 Å². The molecule has 4 nitrogen and oxygen atoms in total. The van der Waals surface area contributed by atoms with Crippen LogP contribution in [-0.2, 0) is 6.18 Å². The molecule has 0 aliphatic carbocycles. The average Bonchev–Trinajstić information content (AvgIpc) is 2.63. The summed E-state index contributed by atoms with van der Waals surface area (Å²) in [6.45, 7) is 5.26. The first kappa shape index (κ1) is 19.5. The molecule has 2 heterocycles. The Morgan fingerprint density at radius 2 is 1.75 bits per heavy atom. The Bertz CT molecular complexity index is 1030. The van der Waals surface area contributed by atoms with E-state index >= 15 is 0 Å². The van der Waals surface area contributed by atoms with E-state index in [0.717, 1.165) is 34.5 Å². The number of carbonyl (C=O) groups excluding carboxylic acids is 1. The third-order valence-corrected chi connectivity index (χ3v) is 4.30. The summed E-state index contributed by atoms with van der Waals surface area (Å²) in [5.41, 5.74) is 3.25. The van der Waals surface area contributed by atoms with Crippen LogP contribution in [-0.4, -0.2) is 15.9 Å². The molecule has 0 saturated carbocycles. The van der Waals surface area contributed by atoms with Crippen molar-refractivity contribution in [2.24, 2.45) is 0 Å². The van der Waals surface area contributed by atoms with Gasteiger partial charge >= 0.3 is 6.18 Å². The Morgan fingerprint density at radius 3 is 2.36 bits per heavy atom. The molecule has 0 spiro atoms. The highest BCUT2D eigenvalue weighted by atomic mass is 19.4. The molecule has 0 aliphatic rings. The number of aryl methyl sites for hydroxylation is 3. The van der Waals surface area contributed by atoms with Crippen molar-refractivity contribution in [1.82, 2.24) is 9.97 Å². The van der Waals surface area contributed by atoms with Gasteiger partial charge in [-0.25, -0.2) is 4.98 Å². The number of anilines is 1. The highest BCUT2D eigenvalue weighted by Crippen LogP contribution is 2.29. The van der Waals surface area contributed by atoms with Gasteiger partial charge in [-0.15, -0.1) is 0 Å². The van der Waals surface area contributed by atoms with Crippen molar-refractivity contribution in [3.8, 4) is 11.3 Å². The maximum Gasteiger partial charge on any atom is 0.433 e. The lowest BCUT2D eigenvalue weighted by molar-refractivity contribution is -0.141. The zero-order valence-corrected chi connectivity index (χ0v) is 15.6. The number of aromatic nitrogens is 2. The molecule has 28 heavy (non-hydrogen) atoms. The van der Waals surface area contributed by atoms with Crippen molar-refractivity contribution in [1.29, 1.82) is 0 Å². The van der Waals surface area contributed by atoms with Crippen molar-refractivity contribution in [2.75, 3.05) is 5.32 Å². The van der Waals surface area contributed by atoms with E-state index in [1.165, 1.54) is 6.92 Å². The predicted molar refractivity (Wildman–Crippen MR) is 101 cm³/mol. The Morgan fingerprint density at radius 1 is 1.00 bits per heavy atom. The lowest BCUT2D eigenvalue weighted by Crippen LogP contribution is -2.16. The van der Waals surface area contributed by atoms with E-state index in [4.69, 9.17) is 0 Å². The Balaban J connectivity index is 1.87. The molecule has 1 N–H and O–H groups in total. The van der Waals surface area contributed by atoms with Crippen LogP contribution in [0.2, 0.25) is 0 Å². The summed E-state index contributed by atoms with van der Waals surface area (Å²) in [6.07, 6.45) is -2.79. The number of amides is 1. The molecule has 1 aromatic carbocycles. The van der Waals surface area contributed by atoms with Crippen LogP contribution in [0.5, 0.6) is 0 Å².